The number of ether oxygens (including phenoxy) is 2. The summed E-state index contributed by atoms with van der Waals surface area (Å²) in [5.41, 5.74) is 1.02. The number of nitrogens with zero attached hydrogens (tertiary/aromatic N) is 1. The lowest BCUT2D eigenvalue weighted by molar-refractivity contribution is -0.136. The van der Waals surface area contributed by atoms with Crippen molar-refractivity contribution in [2.75, 3.05) is 20.8 Å². The molecular weight excluding hydrogens is 322 g/mol. The van der Waals surface area contributed by atoms with Crippen LogP contribution in [0.5, 0.6) is 11.5 Å². The van der Waals surface area contributed by atoms with Crippen molar-refractivity contribution in [2.24, 2.45) is 11.8 Å². The summed E-state index contributed by atoms with van der Waals surface area (Å²) >= 11 is 0. The maximum absolute atomic E-state index is 12.8. The third-order valence-electron chi connectivity index (χ3n) is 5.72. The van der Waals surface area contributed by atoms with E-state index >= 15 is 0 Å². The van der Waals surface area contributed by atoms with Crippen LogP contribution in [0.25, 0.3) is 0 Å². The monoisotopic (exact) mass is 341 g/mol. The van der Waals surface area contributed by atoms with Crippen LogP contribution in [0.3, 0.4) is 0 Å². The minimum Gasteiger partial charge on any atom is -0.493 e. The molecule has 3 aliphatic rings. The Labute approximate surface area is 145 Å². The first-order valence-electron chi connectivity index (χ1n) is 8.28. The van der Waals surface area contributed by atoms with Gasteiger partial charge in [0.15, 0.2) is 17.3 Å². The highest BCUT2D eigenvalue weighted by atomic mass is 16.5. The molecule has 6 heteroatoms. The summed E-state index contributed by atoms with van der Waals surface area (Å²) in [5, 5.41) is 0. The maximum atomic E-state index is 12.8. The first-order chi connectivity index (χ1) is 12.0. The Morgan fingerprint density at radius 1 is 1.20 bits per heavy atom. The van der Waals surface area contributed by atoms with Gasteiger partial charge in [0, 0.05) is 24.8 Å². The lowest BCUT2D eigenvalue weighted by Crippen LogP contribution is -2.52. The van der Waals surface area contributed by atoms with E-state index in [1.807, 2.05) is 12.1 Å². The molecule has 6 nitrogen and oxygen atoms in total. The molecule has 1 saturated heterocycles. The van der Waals surface area contributed by atoms with E-state index < -0.39 is 5.54 Å². The lowest BCUT2D eigenvalue weighted by Gasteiger charge is -2.46. The fourth-order valence-corrected chi connectivity index (χ4v) is 4.62. The minimum absolute atomic E-state index is 0.00984. The average molecular weight is 341 g/mol. The zero-order valence-corrected chi connectivity index (χ0v) is 14.2. The molecule has 0 N–H and O–H groups in total. The number of methoxy groups -OCH3 is 2. The number of ketones is 1. The van der Waals surface area contributed by atoms with Gasteiger partial charge < -0.3 is 19.2 Å². The molecule has 0 bridgehead atoms. The zero-order chi connectivity index (χ0) is 17.8. The van der Waals surface area contributed by atoms with Gasteiger partial charge in [0.2, 0.25) is 5.91 Å². The SMILES string of the molecule is COc1cc2c(cc1OC)[C@@]13C=CC(=O)CC1[C@H](C=O)CN3C(=O)C2. The summed E-state index contributed by atoms with van der Waals surface area (Å²) in [4.78, 5) is 38.2. The largest absolute Gasteiger partial charge is 0.493 e. The summed E-state index contributed by atoms with van der Waals surface area (Å²) in [6.07, 6.45) is 4.73. The van der Waals surface area contributed by atoms with Crippen molar-refractivity contribution in [2.45, 2.75) is 18.4 Å². The third-order valence-corrected chi connectivity index (χ3v) is 5.72. The summed E-state index contributed by atoms with van der Waals surface area (Å²) in [6, 6.07) is 3.71. The van der Waals surface area contributed by atoms with Crippen LogP contribution in [0, 0.1) is 11.8 Å². The Morgan fingerprint density at radius 2 is 1.92 bits per heavy atom. The molecule has 0 saturated carbocycles. The standard InChI is InChI=1S/C19H19NO5/c1-24-16-5-11-6-18(23)20-9-12(10-21)14-7-13(22)3-4-19(14,20)15(11)8-17(16)25-2/h3-5,8,10,12,14H,6-7,9H2,1-2H3/t12-,14?,19+/m0/s1. The Morgan fingerprint density at radius 3 is 2.60 bits per heavy atom. The van der Waals surface area contributed by atoms with E-state index in [-0.39, 0.29) is 36.4 Å². The predicted octanol–water partition coefficient (Wildman–Crippen LogP) is 1.26. The second-order valence-corrected chi connectivity index (χ2v) is 6.78. The quantitative estimate of drug-likeness (QED) is 0.774. The van der Waals surface area contributed by atoms with Crippen molar-refractivity contribution >= 4 is 18.0 Å². The molecule has 1 spiro atoms. The van der Waals surface area contributed by atoms with E-state index in [9.17, 15) is 14.4 Å². The molecule has 2 aliphatic heterocycles. The van der Waals surface area contributed by atoms with Crippen molar-refractivity contribution in [1.29, 1.82) is 0 Å². The summed E-state index contributed by atoms with van der Waals surface area (Å²) in [6.45, 7) is 0.346. The highest BCUT2D eigenvalue weighted by Crippen LogP contribution is 2.55. The van der Waals surface area contributed by atoms with Crippen LogP contribution in [-0.4, -0.2) is 43.6 Å². The highest BCUT2D eigenvalue weighted by Gasteiger charge is 2.59. The van der Waals surface area contributed by atoms with Gasteiger partial charge >= 0.3 is 0 Å². The lowest BCUT2D eigenvalue weighted by atomic mass is 9.67. The van der Waals surface area contributed by atoms with Gasteiger partial charge in [-0.15, -0.1) is 0 Å². The number of carbonyl (C=O) groups excluding carboxylic acids is 3. The van der Waals surface area contributed by atoms with Gasteiger partial charge in [-0.2, -0.15) is 0 Å². The first-order valence-corrected chi connectivity index (χ1v) is 8.28. The van der Waals surface area contributed by atoms with E-state index in [1.54, 1.807) is 25.2 Å². The molecule has 3 atom stereocenters. The number of fused-ring (bicyclic) bond motifs is 1. The van der Waals surface area contributed by atoms with Gasteiger partial charge in [-0.25, -0.2) is 0 Å². The topological polar surface area (TPSA) is 72.9 Å². The van der Waals surface area contributed by atoms with Crippen molar-refractivity contribution in [3.8, 4) is 11.5 Å². The number of amides is 1. The van der Waals surface area contributed by atoms with Crippen LogP contribution in [0.4, 0.5) is 0 Å². The van der Waals surface area contributed by atoms with Gasteiger partial charge in [0.25, 0.3) is 0 Å². The molecule has 1 unspecified atom stereocenters. The maximum Gasteiger partial charge on any atom is 0.228 e. The van der Waals surface area contributed by atoms with E-state index in [1.165, 1.54) is 6.08 Å². The molecule has 1 amide bonds. The van der Waals surface area contributed by atoms with E-state index in [0.717, 1.165) is 17.4 Å². The Bertz CT molecular complexity index is 814. The van der Waals surface area contributed by atoms with E-state index in [2.05, 4.69) is 0 Å². The fourth-order valence-electron chi connectivity index (χ4n) is 4.62. The second-order valence-electron chi connectivity index (χ2n) is 6.78. The van der Waals surface area contributed by atoms with Gasteiger partial charge in [-0.1, -0.05) is 6.08 Å². The Hall–Kier alpha value is -2.63. The van der Waals surface area contributed by atoms with Crippen molar-refractivity contribution in [3.05, 3.63) is 35.4 Å². The molecule has 4 rings (SSSR count). The number of aldehydes is 1. The van der Waals surface area contributed by atoms with Crippen LogP contribution in [0.1, 0.15) is 17.5 Å². The normalized spacial score (nSPS) is 29.8. The number of hydrogen-bond acceptors (Lipinski definition) is 5. The highest BCUT2D eigenvalue weighted by molar-refractivity contribution is 5.94. The summed E-state index contributed by atoms with van der Waals surface area (Å²) in [5.74, 6) is 0.498. The predicted molar refractivity (Wildman–Crippen MR) is 88.4 cm³/mol. The van der Waals surface area contributed by atoms with Gasteiger partial charge in [0.1, 0.15) is 6.29 Å². The Balaban J connectivity index is 1.99. The molecule has 25 heavy (non-hydrogen) atoms. The van der Waals surface area contributed by atoms with Crippen LogP contribution in [0.15, 0.2) is 24.3 Å². The van der Waals surface area contributed by atoms with E-state index in [0.29, 0.717) is 18.0 Å². The molecule has 0 radical (unpaired) electrons. The summed E-state index contributed by atoms with van der Waals surface area (Å²) < 4.78 is 10.8. The summed E-state index contributed by atoms with van der Waals surface area (Å²) in [7, 11) is 3.12. The van der Waals surface area contributed by atoms with Crippen molar-refractivity contribution in [3.63, 3.8) is 0 Å². The van der Waals surface area contributed by atoms with Crippen molar-refractivity contribution in [1.82, 2.24) is 4.90 Å². The van der Waals surface area contributed by atoms with Gasteiger partial charge in [-0.3, -0.25) is 9.59 Å². The number of rotatable bonds is 3. The van der Waals surface area contributed by atoms with Gasteiger partial charge in [-0.05, 0) is 29.3 Å². The molecule has 0 aromatic heterocycles. The smallest absolute Gasteiger partial charge is 0.228 e. The minimum atomic E-state index is -0.760. The number of allylic oxidation sites excluding steroid dienone is 1. The van der Waals surface area contributed by atoms with Crippen molar-refractivity contribution < 1.29 is 23.9 Å². The first kappa shape index (κ1) is 15.9. The number of carbonyl (C=O) groups is 3. The molecule has 130 valence electrons. The van der Waals surface area contributed by atoms with Gasteiger partial charge in [0.05, 0.1) is 26.2 Å². The van der Waals surface area contributed by atoms with E-state index in [4.69, 9.17) is 9.47 Å². The molecule has 1 fully saturated rings. The average Bonchev–Trinajstić information content (AvgIpc) is 2.96. The molecule has 1 aromatic carbocycles. The third kappa shape index (κ3) is 2.00. The second kappa shape index (κ2) is 5.44. The molecule has 1 aliphatic carbocycles. The zero-order valence-electron chi connectivity index (χ0n) is 14.2. The number of hydrogen-bond donors (Lipinski definition) is 0. The molecular formula is C19H19NO5. The molecule has 1 aromatic rings. The Kier molecular flexibility index (Phi) is 3.45. The van der Waals surface area contributed by atoms with Crippen LogP contribution >= 0.6 is 0 Å². The van der Waals surface area contributed by atoms with Crippen LogP contribution in [-0.2, 0) is 26.3 Å². The van der Waals surface area contributed by atoms with Crippen LogP contribution in [0.2, 0.25) is 0 Å². The van der Waals surface area contributed by atoms with Crippen LogP contribution < -0.4 is 9.47 Å². The number of benzene rings is 1. The fraction of sp³-hybridized carbons (Fsp3) is 0.421. The molecule has 2 heterocycles.